The number of nitrogens with zero attached hydrogens (tertiary/aromatic N) is 2. The summed E-state index contributed by atoms with van der Waals surface area (Å²) in [4.78, 5) is 18.6. The average molecular weight is 542 g/mol. The number of aromatic nitrogens is 1. The maximum absolute atomic E-state index is 13.2. The second kappa shape index (κ2) is 11.6. The second-order valence-corrected chi connectivity index (χ2v) is 9.39. The summed E-state index contributed by atoms with van der Waals surface area (Å²) in [7, 11) is 0. The quantitative estimate of drug-likeness (QED) is 0.354. The van der Waals surface area contributed by atoms with E-state index in [-0.39, 0.29) is 43.2 Å². The molecule has 0 radical (unpaired) electrons. The summed E-state index contributed by atoms with van der Waals surface area (Å²) in [5.74, 6) is -0.139. The fourth-order valence-electron chi connectivity index (χ4n) is 3.94. The summed E-state index contributed by atoms with van der Waals surface area (Å²) in [6.07, 6.45) is -1.34. The molecule has 4 rings (SSSR count). The van der Waals surface area contributed by atoms with Gasteiger partial charge in [-0.2, -0.15) is 13.2 Å². The largest absolute Gasteiger partial charge is 0.447 e. The van der Waals surface area contributed by atoms with Gasteiger partial charge in [-0.1, -0.05) is 47.5 Å². The molecule has 1 N–H and O–H groups in total. The van der Waals surface area contributed by atoms with Gasteiger partial charge < -0.3 is 14.5 Å². The van der Waals surface area contributed by atoms with Crippen LogP contribution in [-0.4, -0.2) is 35.0 Å². The molecule has 11 heteroatoms. The summed E-state index contributed by atoms with van der Waals surface area (Å²) in [6.45, 7) is 1.65. The topological polar surface area (TPSA) is 67.6 Å². The van der Waals surface area contributed by atoms with E-state index >= 15 is 0 Å². The molecule has 1 aliphatic rings. The summed E-state index contributed by atoms with van der Waals surface area (Å²) < 4.78 is 50.7. The van der Waals surface area contributed by atoms with Crippen LogP contribution in [0.2, 0.25) is 10.0 Å². The number of amides is 1. The molecule has 1 amide bonds. The number of ether oxygens (including phenoxy) is 1. The molecule has 1 fully saturated rings. The van der Waals surface area contributed by atoms with Crippen molar-refractivity contribution in [1.82, 2.24) is 15.2 Å². The Bertz CT molecular complexity index is 1200. The van der Waals surface area contributed by atoms with Crippen molar-refractivity contribution in [2.45, 2.75) is 44.8 Å². The van der Waals surface area contributed by atoms with Crippen molar-refractivity contribution in [1.29, 1.82) is 0 Å². The Labute approximate surface area is 216 Å². The van der Waals surface area contributed by atoms with Crippen molar-refractivity contribution >= 4 is 29.1 Å². The van der Waals surface area contributed by atoms with E-state index in [4.69, 9.17) is 32.4 Å². The zero-order valence-electron chi connectivity index (χ0n) is 19.2. The van der Waals surface area contributed by atoms with Crippen molar-refractivity contribution in [2.24, 2.45) is 0 Å². The van der Waals surface area contributed by atoms with Gasteiger partial charge in [-0.3, -0.25) is 9.69 Å². The highest BCUT2D eigenvalue weighted by Gasteiger charge is 2.30. The third kappa shape index (κ3) is 7.22. The Morgan fingerprint density at radius 1 is 1.14 bits per heavy atom. The van der Waals surface area contributed by atoms with E-state index in [1.807, 2.05) is 4.90 Å². The standard InChI is InChI=1S/C25H24Cl2F3N3O3/c26-19-7-6-17(21(27)10-19)13-33(12-16-3-1-4-18(9-16)25(28,29)30)14-23-32-22(15-36-23)24(34)31-11-20-5-2-8-35-20/h1,3-4,6-7,9-10,15,20H,2,5,8,11-14H2,(H,31,34). The number of alkyl halides is 3. The molecular formula is C25H24Cl2F3N3O3. The summed E-state index contributed by atoms with van der Waals surface area (Å²) in [6, 6.07) is 10.2. The number of benzene rings is 2. The fourth-order valence-corrected chi connectivity index (χ4v) is 4.41. The van der Waals surface area contributed by atoms with E-state index in [1.165, 1.54) is 12.3 Å². The highest BCUT2D eigenvalue weighted by Crippen LogP contribution is 2.30. The number of halogens is 5. The molecule has 192 valence electrons. The summed E-state index contributed by atoms with van der Waals surface area (Å²) in [5.41, 5.74) is 0.572. The highest BCUT2D eigenvalue weighted by atomic mass is 35.5. The molecule has 0 bridgehead atoms. The van der Waals surface area contributed by atoms with Crippen LogP contribution in [0.1, 0.15) is 45.9 Å². The van der Waals surface area contributed by atoms with Gasteiger partial charge in [0.25, 0.3) is 5.91 Å². The van der Waals surface area contributed by atoms with Gasteiger partial charge in [-0.25, -0.2) is 4.98 Å². The maximum Gasteiger partial charge on any atom is 0.416 e. The lowest BCUT2D eigenvalue weighted by atomic mass is 10.1. The predicted molar refractivity (Wildman–Crippen MR) is 129 cm³/mol. The van der Waals surface area contributed by atoms with Crippen molar-refractivity contribution in [3.63, 3.8) is 0 Å². The average Bonchev–Trinajstić information content (AvgIpc) is 3.51. The van der Waals surface area contributed by atoms with E-state index in [0.29, 0.717) is 28.8 Å². The first-order chi connectivity index (χ1) is 17.2. The van der Waals surface area contributed by atoms with E-state index in [1.54, 1.807) is 24.3 Å². The summed E-state index contributed by atoms with van der Waals surface area (Å²) >= 11 is 12.3. The van der Waals surface area contributed by atoms with Crippen LogP contribution in [-0.2, 0) is 30.5 Å². The van der Waals surface area contributed by atoms with Crippen LogP contribution in [0.25, 0.3) is 0 Å². The first-order valence-electron chi connectivity index (χ1n) is 11.3. The lowest BCUT2D eigenvalue weighted by Crippen LogP contribution is -2.32. The Hall–Kier alpha value is -2.59. The Balaban J connectivity index is 1.49. The molecule has 36 heavy (non-hydrogen) atoms. The van der Waals surface area contributed by atoms with Gasteiger partial charge in [0.05, 0.1) is 18.2 Å². The van der Waals surface area contributed by atoms with Crippen molar-refractivity contribution in [2.75, 3.05) is 13.2 Å². The zero-order chi connectivity index (χ0) is 25.7. The van der Waals surface area contributed by atoms with E-state index < -0.39 is 11.7 Å². The molecule has 2 aromatic carbocycles. The number of hydrogen-bond acceptors (Lipinski definition) is 5. The van der Waals surface area contributed by atoms with Crippen LogP contribution in [0.15, 0.2) is 53.1 Å². The number of carbonyl (C=O) groups is 1. The van der Waals surface area contributed by atoms with E-state index in [2.05, 4.69) is 10.3 Å². The highest BCUT2D eigenvalue weighted by molar-refractivity contribution is 6.35. The van der Waals surface area contributed by atoms with Gasteiger partial charge in [-0.05, 0) is 42.2 Å². The molecule has 0 saturated carbocycles. The molecule has 3 aromatic rings. The minimum absolute atomic E-state index is 0.00704. The fraction of sp³-hybridized carbons (Fsp3) is 0.360. The zero-order valence-corrected chi connectivity index (χ0v) is 20.7. The number of oxazole rings is 1. The van der Waals surface area contributed by atoms with Crippen LogP contribution in [0.4, 0.5) is 13.2 Å². The van der Waals surface area contributed by atoms with Gasteiger partial charge in [0.2, 0.25) is 5.89 Å². The molecule has 6 nitrogen and oxygen atoms in total. The van der Waals surface area contributed by atoms with Gasteiger partial charge in [0.15, 0.2) is 5.69 Å². The first kappa shape index (κ1) is 26.5. The van der Waals surface area contributed by atoms with Crippen molar-refractivity contribution in [3.8, 4) is 0 Å². The first-order valence-corrected chi connectivity index (χ1v) is 12.1. The molecule has 1 unspecified atom stereocenters. The second-order valence-electron chi connectivity index (χ2n) is 8.55. The number of nitrogens with one attached hydrogen (secondary N) is 1. The minimum atomic E-state index is -4.45. The predicted octanol–water partition coefficient (Wildman–Crippen LogP) is 6.11. The maximum atomic E-state index is 13.2. The molecule has 0 aliphatic carbocycles. The van der Waals surface area contributed by atoms with Crippen molar-refractivity contribution in [3.05, 3.63) is 87.0 Å². The Morgan fingerprint density at radius 3 is 2.69 bits per heavy atom. The molecule has 0 spiro atoms. The van der Waals surface area contributed by atoms with Gasteiger partial charge >= 0.3 is 6.18 Å². The van der Waals surface area contributed by atoms with Gasteiger partial charge in [0, 0.05) is 36.3 Å². The number of hydrogen-bond donors (Lipinski definition) is 1. The van der Waals surface area contributed by atoms with Gasteiger partial charge in [-0.15, -0.1) is 0 Å². The van der Waals surface area contributed by atoms with E-state index in [9.17, 15) is 18.0 Å². The molecule has 1 aromatic heterocycles. The van der Waals surface area contributed by atoms with Crippen LogP contribution >= 0.6 is 23.2 Å². The molecule has 1 saturated heterocycles. The Morgan fingerprint density at radius 2 is 1.97 bits per heavy atom. The lowest BCUT2D eigenvalue weighted by molar-refractivity contribution is -0.137. The molecular weight excluding hydrogens is 518 g/mol. The van der Waals surface area contributed by atoms with Crippen molar-refractivity contribution < 1.29 is 27.1 Å². The SMILES string of the molecule is O=C(NCC1CCCO1)c1coc(CN(Cc2cccc(C(F)(F)F)c2)Cc2ccc(Cl)cc2Cl)n1. The third-order valence-corrected chi connectivity index (χ3v) is 6.31. The van der Waals surface area contributed by atoms with E-state index in [0.717, 1.165) is 30.5 Å². The van der Waals surface area contributed by atoms with Gasteiger partial charge in [0.1, 0.15) is 6.26 Å². The third-order valence-electron chi connectivity index (χ3n) is 5.73. The minimum Gasteiger partial charge on any atom is -0.447 e. The normalized spacial score (nSPS) is 16.0. The van der Waals surface area contributed by atoms with Crippen LogP contribution in [0.3, 0.4) is 0 Å². The molecule has 1 atom stereocenters. The monoisotopic (exact) mass is 541 g/mol. The number of rotatable bonds is 9. The summed E-state index contributed by atoms with van der Waals surface area (Å²) in [5, 5.41) is 3.68. The smallest absolute Gasteiger partial charge is 0.416 e. The molecule has 1 aliphatic heterocycles. The molecule has 2 heterocycles. The van der Waals surface area contributed by atoms with Crippen LogP contribution in [0, 0.1) is 0 Å². The number of carbonyl (C=O) groups excluding carboxylic acids is 1. The lowest BCUT2D eigenvalue weighted by Gasteiger charge is -2.22. The van der Waals surface area contributed by atoms with Crippen LogP contribution < -0.4 is 5.32 Å². The van der Waals surface area contributed by atoms with Crippen LogP contribution in [0.5, 0.6) is 0 Å². The Kier molecular flexibility index (Phi) is 8.56.